The van der Waals surface area contributed by atoms with E-state index in [4.69, 9.17) is 28.9 Å². The Balaban J connectivity index is 1.21. The fourth-order valence-corrected chi connectivity index (χ4v) is 11.4. The van der Waals surface area contributed by atoms with E-state index in [1.807, 2.05) is 107 Å². The predicted octanol–water partition coefficient (Wildman–Crippen LogP) is 9.30. The molecule has 0 bridgehead atoms. The molecule has 3 N–H and O–H groups in total. The van der Waals surface area contributed by atoms with Crippen molar-refractivity contribution < 1.29 is 47.0 Å². The van der Waals surface area contributed by atoms with Crippen molar-refractivity contribution in [2.75, 3.05) is 31.6 Å². The number of carbonyl (C=O) groups excluding carboxylic acids is 3. The van der Waals surface area contributed by atoms with E-state index in [9.17, 15) is 9.90 Å². The fourth-order valence-electron chi connectivity index (χ4n) is 9.95. The number of nitrogens with two attached hydrogens (primary N) is 1. The minimum atomic E-state index is -3.06. The summed E-state index contributed by atoms with van der Waals surface area (Å²) in [6.45, 7) is 11.5. The first-order chi connectivity index (χ1) is 32.5. The van der Waals surface area contributed by atoms with Crippen LogP contribution in [0.4, 0.5) is 10.1 Å². The lowest BCUT2D eigenvalue weighted by Gasteiger charge is -2.53. The van der Waals surface area contributed by atoms with Crippen LogP contribution in [0.1, 0.15) is 90.0 Å². The van der Waals surface area contributed by atoms with Gasteiger partial charge < -0.3 is 38.9 Å². The van der Waals surface area contributed by atoms with Gasteiger partial charge in [0.05, 0.1) is 37.5 Å². The van der Waals surface area contributed by atoms with E-state index in [0.717, 1.165) is 42.6 Å². The Morgan fingerprint density at radius 1 is 0.926 bits per heavy atom. The Morgan fingerprint density at radius 2 is 1.56 bits per heavy atom. The van der Waals surface area contributed by atoms with Gasteiger partial charge >= 0.3 is 0 Å². The molecule has 0 unspecified atom stereocenters. The van der Waals surface area contributed by atoms with Gasteiger partial charge in [-0.3, -0.25) is 19.3 Å². The van der Waals surface area contributed by atoms with Gasteiger partial charge in [0.2, 0.25) is 17.5 Å². The molecule has 4 atom stereocenters. The second-order valence-corrected chi connectivity index (χ2v) is 24.7. The number of carbonyl (C=O) groups is 3. The highest BCUT2D eigenvalue weighted by atomic mass is 28.4. The lowest BCUT2D eigenvalue weighted by molar-refractivity contribution is -0.138. The summed E-state index contributed by atoms with van der Waals surface area (Å²) in [6.07, 6.45) is 1.93. The number of benzene rings is 4. The van der Waals surface area contributed by atoms with E-state index in [2.05, 4.69) is 10.1 Å². The second-order valence-electron chi connectivity index (χ2n) is 19.9. The predicted molar refractivity (Wildman–Crippen MR) is 256 cm³/mol. The van der Waals surface area contributed by atoms with Gasteiger partial charge in [-0.2, -0.15) is 0 Å². The number of nitrogens with zero attached hydrogens (tertiary/aromatic N) is 3. The topological polar surface area (TPSA) is 167 Å². The molecular weight excluding hydrogens is 884 g/mol. The van der Waals surface area contributed by atoms with Crippen molar-refractivity contribution in [3.8, 4) is 17.4 Å². The molecule has 4 aliphatic rings. The van der Waals surface area contributed by atoms with Crippen molar-refractivity contribution in [2.24, 2.45) is 17.6 Å². The Kier molecular flexibility index (Phi) is 12.7. The maximum absolute atomic E-state index is 17.3. The first-order valence-corrected chi connectivity index (χ1v) is 26.3. The number of amides is 1. The number of likely N-dealkylation sites (tertiary alicyclic amines) is 1. The van der Waals surface area contributed by atoms with Gasteiger partial charge in [0.15, 0.2) is 25.4 Å². The maximum atomic E-state index is 17.3. The van der Waals surface area contributed by atoms with E-state index in [-0.39, 0.29) is 90.4 Å². The van der Waals surface area contributed by atoms with Gasteiger partial charge in [0.1, 0.15) is 36.1 Å². The van der Waals surface area contributed by atoms with Crippen LogP contribution in [-0.2, 0) is 40.2 Å². The highest BCUT2D eigenvalue weighted by Gasteiger charge is 2.68. The summed E-state index contributed by atoms with van der Waals surface area (Å²) in [4.78, 5) is 49.8. The van der Waals surface area contributed by atoms with Gasteiger partial charge in [-0.15, -0.1) is 0 Å². The van der Waals surface area contributed by atoms with Gasteiger partial charge in [-0.1, -0.05) is 93.6 Å². The summed E-state index contributed by atoms with van der Waals surface area (Å²) >= 11 is 0. The molecular formula is C53H59FN4O9Si. The number of Topliss-reactive ketones (excluding diaryl/α,β-unsaturated/α-hetero) is 2. The molecule has 1 amide bonds. The van der Waals surface area contributed by atoms with E-state index in [1.54, 1.807) is 19.2 Å². The number of hydrogen-bond acceptors (Lipinski definition) is 12. The monoisotopic (exact) mass is 942 g/mol. The summed E-state index contributed by atoms with van der Waals surface area (Å²) in [6, 6.07) is 26.2. The number of anilines is 1. The third-order valence-electron chi connectivity index (χ3n) is 14.6. The van der Waals surface area contributed by atoms with Crippen LogP contribution in [0.15, 0.2) is 101 Å². The van der Waals surface area contributed by atoms with E-state index in [0.29, 0.717) is 5.75 Å². The molecule has 5 aromatic rings. The summed E-state index contributed by atoms with van der Waals surface area (Å²) < 4.78 is 48.5. The zero-order valence-electron chi connectivity index (χ0n) is 39.5. The minimum Gasteiger partial charge on any atom is -0.507 e. The molecule has 68 heavy (non-hydrogen) atoms. The number of hydrogen-bond donors (Lipinski definition) is 2. The molecule has 3 aliphatic carbocycles. The average Bonchev–Trinajstić information content (AvgIpc) is 4.01. The average molecular weight is 943 g/mol. The SMILES string of the molecule is COc1ccc(CN(C(=O)CN2CCCC2)c2cc(F)c3c(c2OCc2ccccc2)C(O)=C2C(=O)[C@]4(O[Si](C)(C)C(C)(C)C)C(=O)c5c(OCc6ccccc6)noc5[C@@H](N)[C@@H]4C[C@@H]2C3)cc1. The molecule has 1 aliphatic heterocycles. The molecule has 0 radical (unpaired) electrons. The number of aliphatic hydroxyl groups is 1. The molecule has 2 heterocycles. The molecule has 1 aromatic heterocycles. The van der Waals surface area contributed by atoms with Crippen molar-refractivity contribution >= 4 is 37.2 Å². The lowest BCUT2D eigenvalue weighted by atomic mass is 9.57. The second kappa shape index (κ2) is 18.4. The molecule has 1 saturated heterocycles. The first kappa shape index (κ1) is 47.0. The summed E-state index contributed by atoms with van der Waals surface area (Å²) in [7, 11) is -1.49. The number of fused-ring (bicyclic) bond motifs is 4. The third-order valence-corrected chi connectivity index (χ3v) is 19.1. The number of rotatable bonds is 14. The van der Waals surface area contributed by atoms with Crippen molar-refractivity contribution in [3.05, 3.63) is 142 Å². The van der Waals surface area contributed by atoms with Crippen LogP contribution in [0.25, 0.3) is 5.76 Å². The van der Waals surface area contributed by atoms with Crippen LogP contribution < -0.4 is 24.8 Å². The lowest BCUT2D eigenvalue weighted by Crippen LogP contribution is -2.68. The summed E-state index contributed by atoms with van der Waals surface area (Å²) in [5.41, 5.74) is 7.14. The van der Waals surface area contributed by atoms with Gasteiger partial charge in [-0.25, -0.2) is 4.39 Å². The van der Waals surface area contributed by atoms with Gasteiger partial charge in [0.25, 0.3) is 5.88 Å². The molecule has 2 fully saturated rings. The zero-order valence-corrected chi connectivity index (χ0v) is 40.5. The van der Waals surface area contributed by atoms with Crippen LogP contribution in [0.2, 0.25) is 18.1 Å². The number of ether oxygens (including phenoxy) is 3. The molecule has 13 nitrogen and oxygen atoms in total. The summed E-state index contributed by atoms with van der Waals surface area (Å²) in [5, 5.41) is 16.6. The molecule has 4 aromatic carbocycles. The Morgan fingerprint density at radius 3 is 2.18 bits per heavy atom. The number of aromatic nitrogens is 1. The number of halogens is 1. The Labute approximate surface area is 397 Å². The number of ketones is 2. The van der Waals surface area contributed by atoms with E-state index >= 15 is 14.0 Å². The number of aliphatic hydroxyl groups excluding tert-OH is 1. The minimum absolute atomic E-state index is 0.0154. The van der Waals surface area contributed by atoms with E-state index in [1.165, 1.54) is 11.0 Å². The third kappa shape index (κ3) is 8.43. The highest BCUT2D eigenvalue weighted by molar-refractivity contribution is 6.74. The van der Waals surface area contributed by atoms with Gasteiger partial charge in [-0.05, 0) is 96.8 Å². The highest BCUT2D eigenvalue weighted by Crippen LogP contribution is 2.58. The Hall–Kier alpha value is -6.13. The van der Waals surface area contributed by atoms with Crippen LogP contribution in [0, 0.1) is 17.7 Å². The maximum Gasteiger partial charge on any atom is 0.265 e. The fraction of sp³-hybridized carbons (Fsp3) is 0.396. The van der Waals surface area contributed by atoms with Crippen molar-refractivity contribution in [1.82, 2.24) is 10.1 Å². The number of methoxy groups -OCH3 is 1. The standard InChI is InChI=1S/C53H59FN4O9Si/c1-52(2,3)68(5,6)67-53-38(45(55)48-44(50(53)62)51(56-66-48)65-31-34-17-11-8-12-18-34)26-35-25-37-39(54)27-40(47(43(37)46(60)42(35)49(53)61)64-30-33-15-9-7-10-16-33)58(41(59)29-57-23-13-14-24-57)28-32-19-21-36(63-4)22-20-32/h7-12,15-22,27,35,38,45,60H,13-14,23-26,28-31,55H2,1-6H3/t35-,38-,45-,53-/m0/s1. The zero-order chi connectivity index (χ0) is 48.1. The molecule has 9 rings (SSSR count). The van der Waals surface area contributed by atoms with Crippen molar-refractivity contribution in [3.63, 3.8) is 0 Å². The largest absolute Gasteiger partial charge is 0.507 e. The van der Waals surface area contributed by atoms with E-state index < -0.39 is 60.0 Å². The Bertz CT molecular complexity index is 2750. The first-order valence-electron chi connectivity index (χ1n) is 23.3. The van der Waals surface area contributed by atoms with Crippen LogP contribution in [-0.4, -0.2) is 73.3 Å². The van der Waals surface area contributed by atoms with Crippen LogP contribution in [0.3, 0.4) is 0 Å². The van der Waals surface area contributed by atoms with Crippen LogP contribution >= 0.6 is 0 Å². The molecule has 0 spiro atoms. The van der Waals surface area contributed by atoms with Crippen molar-refractivity contribution in [1.29, 1.82) is 0 Å². The summed E-state index contributed by atoms with van der Waals surface area (Å²) in [5.74, 6) is -4.20. The van der Waals surface area contributed by atoms with Gasteiger partial charge in [0, 0.05) is 23.1 Å². The van der Waals surface area contributed by atoms with Crippen LogP contribution in [0.5, 0.6) is 17.4 Å². The van der Waals surface area contributed by atoms with Crippen molar-refractivity contribution in [2.45, 2.75) is 96.0 Å². The molecule has 1 saturated carbocycles. The molecule has 356 valence electrons. The smallest absolute Gasteiger partial charge is 0.265 e. The molecule has 15 heteroatoms. The normalized spacial score (nSPS) is 21.4. The quantitative estimate of drug-likeness (QED) is 0.0802.